The minimum atomic E-state index is -0.166. The fourth-order valence-corrected chi connectivity index (χ4v) is 7.32. The Morgan fingerprint density at radius 3 is 2.20 bits per heavy atom. The Morgan fingerprint density at radius 2 is 1.52 bits per heavy atom. The molecule has 4 atom stereocenters. The lowest BCUT2D eigenvalue weighted by molar-refractivity contribution is -0.0985. The van der Waals surface area contributed by atoms with E-state index < -0.39 is 0 Å². The summed E-state index contributed by atoms with van der Waals surface area (Å²) in [6.07, 6.45) is 6.76. The lowest BCUT2D eigenvalue weighted by Crippen LogP contribution is -2.55. The Hall–Kier alpha value is -1.38. The van der Waals surface area contributed by atoms with Crippen molar-refractivity contribution in [3.8, 4) is 17.2 Å². The first-order chi connectivity index (χ1) is 11.5. The van der Waals surface area contributed by atoms with Crippen molar-refractivity contribution >= 4 is 0 Å². The summed E-state index contributed by atoms with van der Waals surface area (Å²) in [5, 5.41) is 31.8. The molecule has 2 fully saturated rings. The van der Waals surface area contributed by atoms with Gasteiger partial charge in [-0.2, -0.15) is 0 Å². The minimum Gasteiger partial charge on any atom is -0.507 e. The molecule has 1 aromatic carbocycles. The van der Waals surface area contributed by atoms with Crippen molar-refractivity contribution in [1.82, 2.24) is 0 Å². The van der Waals surface area contributed by atoms with Gasteiger partial charge in [-0.05, 0) is 61.7 Å². The van der Waals surface area contributed by atoms with Gasteiger partial charge in [0.05, 0.1) is 0 Å². The molecule has 4 rings (SSSR count). The molecule has 3 N–H and O–H groups in total. The highest BCUT2D eigenvalue weighted by molar-refractivity contribution is 5.65. The van der Waals surface area contributed by atoms with Gasteiger partial charge in [-0.15, -0.1) is 0 Å². The zero-order valence-corrected chi connectivity index (χ0v) is 16.2. The molecule has 0 radical (unpaired) electrons. The lowest BCUT2D eigenvalue weighted by Gasteiger charge is -2.61. The van der Waals surface area contributed by atoms with E-state index in [1.165, 1.54) is 19.3 Å². The topological polar surface area (TPSA) is 60.7 Å². The van der Waals surface area contributed by atoms with Gasteiger partial charge in [0.25, 0.3) is 0 Å². The fraction of sp³-hybridized carbons (Fsp3) is 0.727. The monoisotopic (exact) mass is 344 g/mol. The van der Waals surface area contributed by atoms with Crippen molar-refractivity contribution in [3.63, 3.8) is 0 Å². The van der Waals surface area contributed by atoms with Gasteiger partial charge in [-0.25, -0.2) is 0 Å². The summed E-state index contributed by atoms with van der Waals surface area (Å²) in [4.78, 5) is 0. The van der Waals surface area contributed by atoms with E-state index in [1.807, 2.05) is 0 Å². The second-order valence-electron chi connectivity index (χ2n) is 10.1. The number of hydrogen-bond donors (Lipinski definition) is 3. The predicted octanol–water partition coefficient (Wildman–Crippen LogP) is 5.17. The molecular formula is C22H32O3. The smallest absolute Gasteiger partial charge is 0.164 e. The molecule has 0 aromatic heterocycles. The number of rotatable bonds is 0. The van der Waals surface area contributed by atoms with Gasteiger partial charge in [-0.1, -0.05) is 34.1 Å². The van der Waals surface area contributed by atoms with Gasteiger partial charge in [0.2, 0.25) is 0 Å². The maximum atomic E-state index is 10.7. The summed E-state index contributed by atoms with van der Waals surface area (Å²) in [7, 11) is 0. The third kappa shape index (κ3) is 1.93. The number of phenols is 3. The molecule has 3 nitrogen and oxygen atoms in total. The van der Waals surface area contributed by atoms with Crippen LogP contribution in [0.3, 0.4) is 0 Å². The average molecular weight is 344 g/mol. The van der Waals surface area contributed by atoms with Crippen molar-refractivity contribution in [2.75, 3.05) is 0 Å². The molecule has 0 spiro atoms. The standard InChI is InChI=1S/C22H32O3/c1-12-17(23)13-11-15-21(4)9-6-8-20(2,3)14(21)7-10-22(15,5)16(13)19(25)18(12)24/h14-15,23-25H,6-11H2,1-5H3/t14-,15?,21?,22?/m0/s1. The zero-order valence-electron chi connectivity index (χ0n) is 16.2. The Bertz CT molecular complexity index is 750. The van der Waals surface area contributed by atoms with Gasteiger partial charge >= 0.3 is 0 Å². The molecule has 3 aliphatic carbocycles. The summed E-state index contributed by atoms with van der Waals surface area (Å²) in [5.41, 5.74) is 2.51. The number of fused-ring (bicyclic) bond motifs is 5. The van der Waals surface area contributed by atoms with Crippen molar-refractivity contribution < 1.29 is 15.3 Å². The molecule has 2 saturated carbocycles. The SMILES string of the molecule is Cc1c(O)c(O)c2c(c1O)CC1C2(C)CC[C@H]2C(C)(C)CCCC12C. The van der Waals surface area contributed by atoms with Crippen LogP contribution in [-0.2, 0) is 11.8 Å². The third-order valence-corrected chi connectivity index (χ3v) is 8.53. The van der Waals surface area contributed by atoms with E-state index in [4.69, 9.17) is 0 Å². The van der Waals surface area contributed by atoms with Crippen LogP contribution in [0.2, 0.25) is 0 Å². The van der Waals surface area contributed by atoms with E-state index in [2.05, 4.69) is 27.7 Å². The molecule has 3 aliphatic rings. The van der Waals surface area contributed by atoms with Gasteiger partial charge in [0.15, 0.2) is 11.5 Å². The quantitative estimate of drug-likeness (QED) is 0.449. The van der Waals surface area contributed by atoms with Gasteiger partial charge in [0, 0.05) is 22.1 Å². The highest BCUT2D eigenvalue weighted by atomic mass is 16.3. The third-order valence-electron chi connectivity index (χ3n) is 8.53. The summed E-state index contributed by atoms with van der Waals surface area (Å²) in [6, 6.07) is 0. The number of hydrogen-bond acceptors (Lipinski definition) is 3. The molecule has 0 heterocycles. The molecule has 0 aliphatic heterocycles. The van der Waals surface area contributed by atoms with E-state index in [0.717, 1.165) is 30.4 Å². The van der Waals surface area contributed by atoms with Gasteiger partial charge < -0.3 is 15.3 Å². The molecule has 0 bridgehead atoms. The van der Waals surface area contributed by atoms with E-state index in [1.54, 1.807) is 6.92 Å². The minimum absolute atomic E-state index is 0.00687. The first-order valence-corrected chi connectivity index (χ1v) is 9.81. The maximum Gasteiger partial charge on any atom is 0.164 e. The van der Waals surface area contributed by atoms with E-state index in [-0.39, 0.29) is 28.1 Å². The Balaban J connectivity index is 1.90. The van der Waals surface area contributed by atoms with Crippen LogP contribution in [0.5, 0.6) is 17.2 Å². The second kappa shape index (κ2) is 4.86. The number of aromatic hydroxyl groups is 3. The van der Waals surface area contributed by atoms with Crippen molar-refractivity contribution in [1.29, 1.82) is 0 Å². The van der Waals surface area contributed by atoms with Crippen molar-refractivity contribution in [2.45, 2.75) is 78.6 Å². The van der Waals surface area contributed by atoms with Crippen molar-refractivity contribution in [3.05, 3.63) is 16.7 Å². The maximum absolute atomic E-state index is 10.7. The van der Waals surface area contributed by atoms with Crippen LogP contribution in [0, 0.1) is 29.6 Å². The largest absolute Gasteiger partial charge is 0.507 e. The van der Waals surface area contributed by atoms with Crippen molar-refractivity contribution in [2.24, 2.45) is 22.7 Å². The second-order valence-corrected chi connectivity index (χ2v) is 10.1. The molecule has 1 aromatic rings. The van der Waals surface area contributed by atoms with E-state index in [0.29, 0.717) is 22.8 Å². The summed E-state index contributed by atoms with van der Waals surface area (Å²) < 4.78 is 0. The van der Waals surface area contributed by atoms with Crippen LogP contribution in [-0.4, -0.2) is 15.3 Å². The van der Waals surface area contributed by atoms with E-state index >= 15 is 0 Å². The predicted molar refractivity (Wildman–Crippen MR) is 99.2 cm³/mol. The molecule has 0 saturated heterocycles. The van der Waals surface area contributed by atoms with Gasteiger partial charge in [-0.3, -0.25) is 0 Å². The van der Waals surface area contributed by atoms with Crippen LogP contribution < -0.4 is 0 Å². The molecular weight excluding hydrogens is 312 g/mol. The Kier molecular flexibility index (Phi) is 3.32. The highest BCUT2D eigenvalue weighted by Gasteiger charge is 2.62. The number of benzene rings is 1. The van der Waals surface area contributed by atoms with Crippen LogP contribution in [0.1, 0.15) is 76.5 Å². The van der Waals surface area contributed by atoms with Crippen LogP contribution >= 0.6 is 0 Å². The summed E-state index contributed by atoms with van der Waals surface area (Å²) in [6.45, 7) is 11.2. The van der Waals surface area contributed by atoms with Crippen LogP contribution in [0.15, 0.2) is 0 Å². The normalized spacial score (nSPS) is 38.8. The Labute approximate surface area is 151 Å². The zero-order chi connectivity index (χ0) is 18.4. The first-order valence-electron chi connectivity index (χ1n) is 9.81. The first kappa shape index (κ1) is 17.1. The molecule has 138 valence electrons. The summed E-state index contributed by atoms with van der Waals surface area (Å²) in [5.74, 6) is 1.14. The molecule has 3 heteroatoms. The highest BCUT2D eigenvalue weighted by Crippen LogP contribution is 2.69. The molecule has 25 heavy (non-hydrogen) atoms. The van der Waals surface area contributed by atoms with Crippen LogP contribution in [0.4, 0.5) is 0 Å². The lowest BCUT2D eigenvalue weighted by atomic mass is 9.43. The summed E-state index contributed by atoms with van der Waals surface area (Å²) >= 11 is 0. The Morgan fingerprint density at radius 1 is 0.840 bits per heavy atom. The van der Waals surface area contributed by atoms with Gasteiger partial charge in [0.1, 0.15) is 5.75 Å². The molecule has 0 amide bonds. The number of phenolic OH excluding ortho intramolecular Hbond substituents is 3. The average Bonchev–Trinajstić information content (AvgIpc) is 2.85. The van der Waals surface area contributed by atoms with E-state index in [9.17, 15) is 15.3 Å². The fourth-order valence-electron chi connectivity index (χ4n) is 7.32. The molecule has 3 unspecified atom stereocenters. The van der Waals surface area contributed by atoms with Crippen LogP contribution in [0.25, 0.3) is 0 Å².